The molecule has 0 saturated heterocycles. The number of hydrogen-bond acceptors (Lipinski definition) is 3. The fourth-order valence-electron chi connectivity index (χ4n) is 1.74. The van der Waals surface area contributed by atoms with Crippen molar-refractivity contribution in [3.63, 3.8) is 0 Å². The molecule has 0 aromatic heterocycles. The largest absolute Gasteiger partial charge is 0.490 e. The van der Waals surface area contributed by atoms with Crippen molar-refractivity contribution in [2.24, 2.45) is 5.73 Å². The number of ether oxygens (including phenoxy) is 2. The molecule has 0 heterocycles. The lowest BCUT2D eigenvalue weighted by molar-refractivity contribution is 0.272. The zero-order valence-electron chi connectivity index (χ0n) is 11.5. The minimum Gasteiger partial charge on any atom is -0.490 e. The van der Waals surface area contributed by atoms with Gasteiger partial charge in [-0.15, -0.1) is 6.58 Å². The Morgan fingerprint density at radius 2 is 2.16 bits per heavy atom. The van der Waals surface area contributed by atoms with Gasteiger partial charge in [-0.05, 0) is 66.4 Å². The van der Waals surface area contributed by atoms with Gasteiger partial charge in [0.05, 0.1) is 17.7 Å². The van der Waals surface area contributed by atoms with E-state index in [0.29, 0.717) is 19.8 Å². The molecule has 0 aliphatic carbocycles. The van der Waals surface area contributed by atoms with Gasteiger partial charge < -0.3 is 15.2 Å². The van der Waals surface area contributed by atoms with Gasteiger partial charge in [-0.3, -0.25) is 0 Å². The monoisotopic (exact) mass is 327 g/mol. The first kappa shape index (κ1) is 16.1. The van der Waals surface area contributed by atoms with E-state index in [9.17, 15) is 0 Å². The van der Waals surface area contributed by atoms with Gasteiger partial charge in [0.15, 0.2) is 11.5 Å². The highest BCUT2D eigenvalue weighted by Gasteiger charge is 2.11. The van der Waals surface area contributed by atoms with Crippen LogP contribution in [0.15, 0.2) is 29.3 Å². The lowest BCUT2D eigenvalue weighted by atomic mass is 10.1. The third kappa shape index (κ3) is 5.25. The van der Waals surface area contributed by atoms with Crippen molar-refractivity contribution >= 4 is 15.9 Å². The second-order valence-corrected chi connectivity index (χ2v) is 5.01. The Balaban J connectivity index is 2.83. The number of unbranched alkanes of at least 4 members (excludes halogenated alkanes) is 1. The first-order valence-corrected chi connectivity index (χ1v) is 7.41. The number of rotatable bonds is 9. The number of nitrogens with two attached hydrogens (primary N) is 1. The third-order valence-corrected chi connectivity index (χ3v) is 3.19. The van der Waals surface area contributed by atoms with Crippen molar-refractivity contribution in [3.8, 4) is 11.5 Å². The van der Waals surface area contributed by atoms with Crippen molar-refractivity contribution in [3.05, 3.63) is 34.8 Å². The smallest absolute Gasteiger partial charge is 0.175 e. The van der Waals surface area contributed by atoms with Gasteiger partial charge in [0.1, 0.15) is 0 Å². The lowest BCUT2D eigenvalue weighted by Gasteiger charge is -2.15. The van der Waals surface area contributed by atoms with E-state index in [1.807, 2.05) is 25.1 Å². The first-order chi connectivity index (χ1) is 9.22. The van der Waals surface area contributed by atoms with Crippen molar-refractivity contribution in [2.45, 2.75) is 26.2 Å². The fourth-order valence-corrected chi connectivity index (χ4v) is 2.34. The molecule has 0 spiro atoms. The summed E-state index contributed by atoms with van der Waals surface area (Å²) in [6.07, 6.45) is 4.63. The van der Waals surface area contributed by atoms with Gasteiger partial charge in [-0.2, -0.15) is 0 Å². The topological polar surface area (TPSA) is 44.5 Å². The van der Waals surface area contributed by atoms with E-state index in [2.05, 4.69) is 22.5 Å². The van der Waals surface area contributed by atoms with E-state index in [4.69, 9.17) is 15.2 Å². The van der Waals surface area contributed by atoms with E-state index in [1.165, 1.54) is 0 Å². The van der Waals surface area contributed by atoms with Crippen LogP contribution < -0.4 is 15.2 Å². The van der Waals surface area contributed by atoms with Gasteiger partial charge in [-0.25, -0.2) is 0 Å². The SMILES string of the molecule is C=CCCCOc1c(Br)cc(CCN)cc1OCC. The molecule has 3 nitrogen and oxygen atoms in total. The summed E-state index contributed by atoms with van der Waals surface area (Å²) in [5.41, 5.74) is 6.74. The van der Waals surface area contributed by atoms with Crippen LogP contribution >= 0.6 is 15.9 Å². The average Bonchev–Trinajstić information content (AvgIpc) is 2.38. The Labute approximate surface area is 123 Å². The van der Waals surface area contributed by atoms with E-state index in [1.54, 1.807) is 0 Å². The molecule has 1 aromatic rings. The molecule has 0 saturated carbocycles. The number of halogens is 1. The molecule has 19 heavy (non-hydrogen) atoms. The van der Waals surface area contributed by atoms with Gasteiger partial charge in [0, 0.05) is 0 Å². The maximum atomic E-state index is 5.80. The van der Waals surface area contributed by atoms with Gasteiger partial charge in [-0.1, -0.05) is 6.08 Å². The molecule has 0 bridgehead atoms. The first-order valence-electron chi connectivity index (χ1n) is 6.61. The minimum absolute atomic E-state index is 0.613. The molecular formula is C15H22BrNO2. The molecule has 0 amide bonds. The summed E-state index contributed by atoms with van der Waals surface area (Å²) < 4.78 is 12.4. The number of hydrogen-bond donors (Lipinski definition) is 1. The third-order valence-electron chi connectivity index (χ3n) is 2.60. The number of benzene rings is 1. The van der Waals surface area contributed by atoms with Gasteiger partial charge in [0.2, 0.25) is 0 Å². The van der Waals surface area contributed by atoms with Crippen LogP contribution in [0.4, 0.5) is 0 Å². The van der Waals surface area contributed by atoms with Crippen LogP contribution in [0, 0.1) is 0 Å². The zero-order chi connectivity index (χ0) is 14.1. The van der Waals surface area contributed by atoms with Crippen LogP contribution in [0.25, 0.3) is 0 Å². The molecule has 1 aromatic carbocycles. The molecule has 0 radical (unpaired) electrons. The van der Waals surface area contributed by atoms with E-state index >= 15 is 0 Å². The summed E-state index contributed by atoms with van der Waals surface area (Å²) in [4.78, 5) is 0. The summed E-state index contributed by atoms with van der Waals surface area (Å²) >= 11 is 3.54. The Kier molecular flexibility index (Phi) is 7.60. The van der Waals surface area contributed by atoms with Crippen molar-refractivity contribution in [1.82, 2.24) is 0 Å². The molecule has 0 fully saturated rings. The number of allylic oxidation sites excluding steroid dienone is 1. The Morgan fingerprint density at radius 1 is 1.37 bits per heavy atom. The summed E-state index contributed by atoms with van der Waals surface area (Å²) in [6, 6.07) is 4.04. The Hall–Kier alpha value is -1.00. The van der Waals surface area contributed by atoms with E-state index in [0.717, 1.165) is 40.8 Å². The predicted molar refractivity (Wildman–Crippen MR) is 83.0 cm³/mol. The van der Waals surface area contributed by atoms with Gasteiger partial charge >= 0.3 is 0 Å². The highest BCUT2D eigenvalue weighted by atomic mass is 79.9. The molecule has 0 aliphatic rings. The van der Waals surface area contributed by atoms with Crippen LogP contribution in [-0.2, 0) is 6.42 Å². The molecule has 0 aliphatic heterocycles. The van der Waals surface area contributed by atoms with Crippen LogP contribution in [0.5, 0.6) is 11.5 Å². The Morgan fingerprint density at radius 3 is 2.79 bits per heavy atom. The van der Waals surface area contributed by atoms with Crippen LogP contribution in [0.3, 0.4) is 0 Å². The summed E-state index contributed by atoms with van der Waals surface area (Å²) in [5, 5.41) is 0. The highest BCUT2D eigenvalue weighted by molar-refractivity contribution is 9.10. The summed E-state index contributed by atoms with van der Waals surface area (Å²) in [5.74, 6) is 1.55. The molecule has 4 heteroatoms. The van der Waals surface area contributed by atoms with Crippen molar-refractivity contribution in [1.29, 1.82) is 0 Å². The van der Waals surface area contributed by atoms with E-state index in [-0.39, 0.29) is 0 Å². The van der Waals surface area contributed by atoms with Gasteiger partial charge in [0.25, 0.3) is 0 Å². The van der Waals surface area contributed by atoms with Crippen molar-refractivity contribution in [2.75, 3.05) is 19.8 Å². The average molecular weight is 328 g/mol. The molecule has 2 N–H and O–H groups in total. The van der Waals surface area contributed by atoms with E-state index < -0.39 is 0 Å². The molecule has 0 unspecified atom stereocenters. The van der Waals surface area contributed by atoms with Crippen LogP contribution in [-0.4, -0.2) is 19.8 Å². The second kappa shape index (κ2) is 8.99. The molecule has 0 atom stereocenters. The van der Waals surface area contributed by atoms with Crippen molar-refractivity contribution < 1.29 is 9.47 Å². The zero-order valence-corrected chi connectivity index (χ0v) is 13.0. The second-order valence-electron chi connectivity index (χ2n) is 4.16. The molecule has 1 rings (SSSR count). The molecule has 106 valence electrons. The Bertz CT molecular complexity index is 407. The summed E-state index contributed by atoms with van der Waals surface area (Å²) in [6.45, 7) is 7.55. The quantitative estimate of drug-likeness (QED) is 0.555. The minimum atomic E-state index is 0.613. The summed E-state index contributed by atoms with van der Waals surface area (Å²) in [7, 11) is 0. The van der Waals surface area contributed by atoms with Crippen LogP contribution in [0.2, 0.25) is 0 Å². The molecular weight excluding hydrogens is 306 g/mol. The normalized spacial score (nSPS) is 10.3. The predicted octanol–water partition coefficient (Wildman–Crippen LogP) is 3.69. The maximum Gasteiger partial charge on any atom is 0.175 e. The standard InChI is InChI=1S/C15H22BrNO2/c1-3-5-6-9-19-15-13(16)10-12(7-8-17)11-14(15)18-4-2/h3,10-11H,1,4-9,17H2,2H3. The maximum absolute atomic E-state index is 5.80. The van der Waals surface area contributed by atoms with Crippen LogP contribution in [0.1, 0.15) is 25.3 Å². The fraction of sp³-hybridized carbons (Fsp3) is 0.467. The highest BCUT2D eigenvalue weighted by Crippen LogP contribution is 2.37. The lowest BCUT2D eigenvalue weighted by Crippen LogP contribution is -2.05.